The summed E-state index contributed by atoms with van der Waals surface area (Å²) in [6, 6.07) is 10.4. The van der Waals surface area contributed by atoms with Crippen LogP contribution in [0, 0.1) is 6.92 Å². The van der Waals surface area contributed by atoms with Gasteiger partial charge in [-0.2, -0.15) is 0 Å². The average molecular weight is 295 g/mol. The Kier molecular flexibility index (Phi) is 4.67. The van der Waals surface area contributed by atoms with Gasteiger partial charge in [0.2, 0.25) is 0 Å². The monoisotopic (exact) mass is 294 g/mol. The summed E-state index contributed by atoms with van der Waals surface area (Å²) < 4.78 is 0. The molecule has 100 valence electrons. The van der Waals surface area contributed by atoms with Gasteiger partial charge >= 0.3 is 0 Å². The number of pyridine rings is 1. The van der Waals surface area contributed by atoms with Crippen LogP contribution in [0.15, 0.2) is 36.5 Å². The van der Waals surface area contributed by atoms with Crippen LogP contribution in [0.3, 0.4) is 0 Å². The molecule has 0 bridgehead atoms. The summed E-state index contributed by atoms with van der Waals surface area (Å²) in [6.07, 6.45) is 1.65. The second-order valence-electron chi connectivity index (χ2n) is 4.61. The summed E-state index contributed by atoms with van der Waals surface area (Å²) in [5.41, 5.74) is 3.42. The Morgan fingerprint density at radius 2 is 1.89 bits per heavy atom. The zero-order chi connectivity index (χ0) is 13.8. The number of halogens is 2. The van der Waals surface area contributed by atoms with Gasteiger partial charge in [0, 0.05) is 25.7 Å². The van der Waals surface area contributed by atoms with Crippen LogP contribution in [-0.4, -0.2) is 12.0 Å². The summed E-state index contributed by atoms with van der Waals surface area (Å²) in [4.78, 5) is 6.42. The van der Waals surface area contributed by atoms with Crippen LogP contribution in [0.1, 0.15) is 16.7 Å². The highest BCUT2D eigenvalue weighted by Gasteiger charge is 2.07. The van der Waals surface area contributed by atoms with Crippen molar-refractivity contribution < 1.29 is 0 Å². The fraction of sp³-hybridized carbons (Fsp3) is 0.267. The van der Waals surface area contributed by atoms with Crippen molar-refractivity contribution in [3.63, 3.8) is 0 Å². The highest BCUT2D eigenvalue weighted by atomic mass is 35.5. The number of anilines is 1. The van der Waals surface area contributed by atoms with Gasteiger partial charge in [0.1, 0.15) is 5.82 Å². The Morgan fingerprint density at radius 1 is 1.21 bits per heavy atom. The lowest BCUT2D eigenvalue weighted by Gasteiger charge is -2.19. The normalized spacial score (nSPS) is 10.5. The quantitative estimate of drug-likeness (QED) is 0.776. The second kappa shape index (κ2) is 6.27. The molecular weight excluding hydrogens is 279 g/mol. The minimum absolute atomic E-state index is 0.396. The van der Waals surface area contributed by atoms with Crippen LogP contribution < -0.4 is 4.90 Å². The molecule has 19 heavy (non-hydrogen) atoms. The van der Waals surface area contributed by atoms with Crippen molar-refractivity contribution in [2.24, 2.45) is 0 Å². The summed E-state index contributed by atoms with van der Waals surface area (Å²) in [6.45, 7) is 2.89. The molecule has 0 atom stereocenters. The van der Waals surface area contributed by atoms with Crippen LogP contribution in [0.4, 0.5) is 5.82 Å². The lowest BCUT2D eigenvalue weighted by atomic mass is 10.1. The maximum absolute atomic E-state index is 6.01. The van der Waals surface area contributed by atoms with E-state index in [2.05, 4.69) is 41.1 Å². The number of rotatable bonds is 4. The molecule has 0 aliphatic carbocycles. The van der Waals surface area contributed by atoms with Gasteiger partial charge in [-0.25, -0.2) is 4.98 Å². The number of nitrogens with zero attached hydrogens (tertiary/aromatic N) is 2. The topological polar surface area (TPSA) is 16.1 Å². The number of aromatic nitrogens is 1. The van der Waals surface area contributed by atoms with Gasteiger partial charge in [0.05, 0.1) is 5.02 Å². The van der Waals surface area contributed by atoms with Gasteiger partial charge in [-0.15, -0.1) is 11.6 Å². The number of aryl methyl sites for hydroxylation is 1. The van der Waals surface area contributed by atoms with Crippen LogP contribution in [0.5, 0.6) is 0 Å². The number of hydrogen-bond donors (Lipinski definition) is 0. The lowest BCUT2D eigenvalue weighted by molar-refractivity contribution is 0.895. The summed E-state index contributed by atoms with van der Waals surface area (Å²) in [5, 5.41) is 0.613. The molecular formula is C15H16Cl2N2. The third-order valence-corrected chi connectivity index (χ3v) is 3.62. The van der Waals surface area contributed by atoms with E-state index < -0.39 is 0 Å². The van der Waals surface area contributed by atoms with E-state index in [1.807, 2.05) is 13.1 Å². The maximum Gasteiger partial charge on any atom is 0.128 e. The zero-order valence-electron chi connectivity index (χ0n) is 11.0. The second-order valence-corrected chi connectivity index (χ2v) is 5.28. The van der Waals surface area contributed by atoms with E-state index in [0.717, 1.165) is 17.9 Å². The fourth-order valence-corrected chi connectivity index (χ4v) is 2.29. The van der Waals surface area contributed by atoms with Gasteiger partial charge in [-0.1, -0.05) is 41.4 Å². The number of benzene rings is 1. The van der Waals surface area contributed by atoms with Crippen molar-refractivity contribution in [2.75, 3.05) is 11.9 Å². The molecule has 2 aromatic rings. The molecule has 0 spiro atoms. The van der Waals surface area contributed by atoms with E-state index in [1.54, 1.807) is 6.20 Å². The minimum Gasteiger partial charge on any atom is -0.355 e. The smallest absolute Gasteiger partial charge is 0.128 e. The van der Waals surface area contributed by atoms with Crippen molar-refractivity contribution in [3.05, 3.63) is 58.2 Å². The van der Waals surface area contributed by atoms with Gasteiger partial charge in [-0.3, -0.25) is 0 Å². The molecule has 0 N–H and O–H groups in total. The van der Waals surface area contributed by atoms with E-state index in [0.29, 0.717) is 10.9 Å². The van der Waals surface area contributed by atoms with Crippen molar-refractivity contribution in [2.45, 2.75) is 19.3 Å². The number of hydrogen-bond acceptors (Lipinski definition) is 2. The van der Waals surface area contributed by atoms with E-state index >= 15 is 0 Å². The van der Waals surface area contributed by atoms with E-state index in [1.165, 1.54) is 11.1 Å². The molecule has 0 amide bonds. The van der Waals surface area contributed by atoms with Gasteiger partial charge in [0.25, 0.3) is 0 Å². The third kappa shape index (κ3) is 3.62. The van der Waals surface area contributed by atoms with Crippen molar-refractivity contribution >= 4 is 29.0 Å². The van der Waals surface area contributed by atoms with Crippen LogP contribution in [0.25, 0.3) is 0 Å². The van der Waals surface area contributed by atoms with Gasteiger partial charge in [0.15, 0.2) is 0 Å². The van der Waals surface area contributed by atoms with Crippen LogP contribution in [-0.2, 0) is 12.4 Å². The predicted molar refractivity (Wildman–Crippen MR) is 82.1 cm³/mol. The molecule has 0 saturated heterocycles. The van der Waals surface area contributed by atoms with Crippen LogP contribution in [0.2, 0.25) is 5.02 Å². The summed E-state index contributed by atoms with van der Waals surface area (Å²) in [5.74, 6) is 1.27. The molecule has 0 saturated carbocycles. The van der Waals surface area contributed by atoms with E-state index in [-0.39, 0.29) is 0 Å². The highest BCUT2D eigenvalue weighted by molar-refractivity contribution is 6.32. The number of alkyl halides is 1. The van der Waals surface area contributed by atoms with Crippen molar-refractivity contribution in [1.82, 2.24) is 4.98 Å². The van der Waals surface area contributed by atoms with Gasteiger partial charge in [-0.05, 0) is 24.1 Å². The highest BCUT2D eigenvalue weighted by Crippen LogP contribution is 2.22. The maximum atomic E-state index is 6.01. The van der Waals surface area contributed by atoms with Crippen LogP contribution >= 0.6 is 23.2 Å². The van der Waals surface area contributed by atoms with E-state index in [9.17, 15) is 0 Å². The molecule has 2 rings (SSSR count). The fourth-order valence-electron chi connectivity index (χ4n) is 1.83. The SMILES string of the molecule is Cc1ccc(CN(C)c2cc(CCl)c(Cl)cn2)cc1. The lowest BCUT2D eigenvalue weighted by Crippen LogP contribution is -2.17. The molecule has 0 unspecified atom stereocenters. The Balaban J connectivity index is 2.15. The first kappa shape index (κ1) is 14.2. The summed E-state index contributed by atoms with van der Waals surface area (Å²) >= 11 is 11.9. The summed E-state index contributed by atoms with van der Waals surface area (Å²) in [7, 11) is 2.01. The first-order chi connectivity index (χ1) is 9.10. The molecule has 1 aromatic heterocycles. The Labute approximate surface area is 124 Å². The van der Waals surface area contributed by atoms with Crippen molar-refractivity contribution in [1.29, 1.82) is 0 Å². The molecule has 1 aromatic carbocycles. The standard InChI is InChI=1S/C15H16Cl2N2/c1-11-3-5-12(6-4-11)10-19(2)15-7-13(8-16)14(17)9-18-15/h3-7,9H,8,10H2,1-2H3. The largest absolute Gasteiger partial charge is 0.355 e. The predicted octanol–water partition coefficient (Wildman–Crippen LogP) is 4.42. The first-order valence-electron chi connectivity index (χ1n) is 6.07. The molecule has 0 aliphatic rings. The average Bonchev–Trinajstić information content (AvgIpc) is 2.42. The first-order valence-corrected chi connectivity index (χ1v) is 6.98. The molecule has 0 radical (unpaired) electrons. The molecule has 2 nitrogen and oxygen atoms in total. The third-order valence-electron chi connectivity index (χ3n) is 3.00. The van der Waals surface area contributed by atoms with E-state index in [4.69, 9.17) is 23.2 Å². The molecule has 0 fully saturated rings. The zero-order valence-corrected chi connectivity index (χ0v) is 12.5. The molecule has 0 aliphatic heterocycles. The Morgan fingerprint density at radius 3 is 2.53 bits per heavy atom. The molecule has 4 heteroatoms. The minimum atomic E-state index is 0.396. The molecule has 1 heterocycles. The van der Waals surface area contributed by atoms with Crippen molar-refractivity contribution in [3.8, 4) is 0 Å². The van der Waals surface area contributed by atoms with Gasteiger partial charge < -0.3 is 4.90 Å². The Hall–Kier alpha value is -1.25. The Bertz CT molecular complexity index is 553.